The number of carbonyl (C=O) groups is 1. The van der Waals surface area contributed by atoms with Gasteiger partial charge in [-0.3, -0.25) is 9.63 Å². The van der Waals surface area contributed by atoms with Gasteiger partial charge in [0.1, 0.15) is 17.5 Å². The third-order valence-electron chi connectivity index (χ3n) is 3.40. The molecular formula is C18H22N2O7P-. The van der Waals surface area contributed by atoms with Gasteiger partial charge in [0, 0.05) is 0 Å². The molecular weight excluding hydrogens is 387 g/mol. The summed E-state index contributed by atoms with van der Waals surface area (Å²) < 4.78 is 29.3. The van der Waals surface area contributed by atoms with E-state index in [1.54, 1.807) is 37.3 Å². The highest BCUT2D eigenvalue weighted by atomic mass is 31.2. The van der Waals surface area contributed by atoms with Gasteiger partial charge < -0.3 is 24.2 Å². The van der Waals surface area contributed by atoms with Crippen LogP contribution >= 0.6 is 7.75 Å². The van der Waals surface area contributed by atoms with E-state index >= 15 is 0 Å². The van der Waals surface area contributed by atoms with Crippen LogP contribution in [0.3, 0.4) is 0 Å². The van der Waals surface area contributed by atoms with Crippen molar-refractivity contribution >= 4 is 19.4 Å². The first-order valence-electron chi connectivity index (χ1n) is 8.47. The summed E-state index contributed by atoms with van der Waals surface area (Å²) >= 11 is 0. The molecule has 0 radical (unpaired) electrons. The van der Waals surface area contributed by atoms with E-state index in [1.165, 1.54) is 38.3 Å². The van der Waals surface area contributed by atoms with Crippen LogP contribution in [0.15, 0.2) is 54.6 Å². The van der Waals surface area contributed by atoms with E-state index in [2.05, 4.69) is 9.92 Å². The molecule has 2 atom stereocenters. The Kier molecular flexibility index (Phi) is 7.83. The number of hydrogen-bond donors (Lipinski definition) is 1. The molecule has 0 aliphatic rings. The van der Waals surface area contributed by atoms with Crippen molar-refractivity contribution in [2.45, 2.75) is 19.9 Å². The normalized spacial score (nSPS) is 13.9. The fraction of sp³-hybridized carbons (Fsp3) is 0.278. The summed E-state index contributed by atoms with van der Waals surface area (Å²) in [4.78, 5) is 16.5. The molecule has 0 unspecified atom stereocenters. The Morgan fingerprint density at radius 1 is 1.11 bits per heavy atom. The number of benzene rings is 2. The maximum absolute atomic E-state index is 13.3. The second-order valence-corrected chi connectivity index (χ2v) is 7.15. The zero-order valence-electron chi connectivity index (χ0n) is 15.7. The maximum atomic E-state index is 13.3. The molecule has 0 aromatic heterocycles. The molecule has 2 aromatic carbocycles. The highest BCUT2D eigenvalue weighted by Crippen LogP contribution is 2.45. The van der Waals surface area contributed by atoms with E-state index in [0.717, 1.165) is 0 Å². The Balaban J connectivity index is 2.22. The zero-order valence-corrected chi connectivity index (χ0v) is 16.6. The van der Waals surface area contributed by atoms with E-state index < -0.39 is 19.8 Å². The molecule has 0 aliphatic carbocycles. The maximum Gasteiger partial charge on any atom is 0.513 e. The average molecular weight is 409 g/mol. The summed E-state index contributed by atoms with van der Waals surface area (Å²) in [5, 5.41) is 14.3. The van der Waals surface area contributed by atoms with Gasteiger partial charge in [-0.2, -0.15) is 5.09 Å². The molecule has 28 heavy (non-hydrogen) atoms. The fourth-order valence-corrected chi connectivity index (χ4v) is 3.64. The van der Waals surface area contributed by atoms with Crippen molar-refractivity contribution in [1.29, 1.82) is 0 Å². The minimum Gasteiger partial charge on any atom is -0.733 e. The van der Waals surface area contributed by atoms with E-state index in [1.807, 2.05) is 0 Å². The summed E-state index contributed by atoms with van der Waals surface area (Å²) in [5.41, 5.74) is 0.224. The van der Waals surface area contributed by atoms with Gasteiger partial charge in [-0.1, -0.05) is 18.2 Å². The molecule has 152 valence electrons. The van der Waals surface area contributed by atoms with Crippen LogP contribution in [0.5, 0.6) is 11.5 Å². The van der Waals surface area contributed by atoms with E-state index in [9.17, 15) is 14.6 Å². The van der Waals surface area contributed by atoms with Crippen LogP contribution < -0.4 is 19.4 Å². The van der Waals surface area contributed by atoms with Gasteiger partial charge in [-0.05, 0) is 50.2 Å². The summed E-state index contributed by atoms with van der Waals surface area (Å²) in [6, 6.07) is 13.1. The van der Waals surface area contributed by atoms with Gasteiger partial charge in [-0.25, -0.2) is 4.57 Å². The molecule has 0 saturated carbocycles. The van der Waals surface area contributed by atoms with Crippen LogP contribution in [0.4, 0.5) is 5.69 Å². The molecule has 9 nitrogen and oxygen atoms in total. The van der Waals surface area contributed by atoms with E-state index in [-0.39, 0.29) is 23.8 Å². The van der Waals surface area contributed by atoms with Crippen molar-refractivity contribution in [2.75, 3.05) is 18.9 Å². The highest BCUT2D eigenvalue weighted by Gasteiger charge is 2.33. The Morgan fingerprint density at radius 2 is 1.68 bits per heavy atom. The standard InChI is InChI=1S/C18H22N2O7P/c1-4-25-18(21)14(2)19-28(23,26-16-8-6-5-7-9-16)27-17-12-10-15(11-13-17)20(22)24-3/h5-14H,4H2,1-3H3,(H,19,23)/q-1/t14-,28-/m0/s1. The van der Waals surface area contributed by atoms with Gasteiger partial charge in [0.2, 0.25) is 0 Å². The van der Waals surface area contributed by atoms with Crippen molar-refractivity contribution in [3.63, 3.8) is 0 Å². The third-order valence-corrected chi connectivity index (χ3v) is 5.01. The lowest BCUT2D eigenvalue weighted by molar-refractivity contribution is -0.144. The molecule has 1 N–H and O–H groups in total. The average Bonchev–Trinajstić information content (AvgIpc) is 2.68. The molecule has 0 spiro atoms. The van der Waals surface area contributed by atoms with Gasteiger partial charge in [0.05, 0.1) is 19.4 Å². The third kappa shape index (κ3) is 6.24. The van der Waals surface area contributed by atoms with Gasteiger partial charge in [-0.15, -0.1) is 0 Å². The predicted octanol–water partition coefficient (Wildman–Crippen LogP) is 3.66. The molecule has 0 fully saturated rings. The number of anilines is 1. The van der Waals surface area contributed by atoms with E-state index in [0.29, 0.717) is 5.23 Å². The number of esters is 1. The first-order chi connectivity index (χ1) is 13.4. The second kappa shape index (κ2) is 10.1. The van der Waals surface area contributed by atoms with Crippen LogP contribution in [0.25, 0.3) is 0 Å². The lowest BCUT2D eigenvalue weighted by Crippen LogP contribution is -2.35. The summed E-state index contributed by atoms with van der Waals surface area (Å²) in [5.74, 6) is -0.146. The van der Waals surface area contributed by atoms with Crippen molar-refractivity contribution in [3.8, 4) is 11.5 Å². The first-order valence-corrected chi connectivity index (χ1v) is 10.0. The smallest absolute Gasteiger partial charge is 0.513 e. The van der Waals surface area contributed by atoms with Crippen molar-refractivity contribution < 1.29 is 28.0 Å². The SMILES string of the molecule is CCOC(=O)[C@H](C)N[P@](=O)(Oc1ccccc1)Oc1ccc(N([O-])OC)cc1. The van der Waals surface area contributed by atoms with Crippen LogP contribution in [-0.2, 0) is 18.9 Å². The molecule has 2 rings (SSSR count). The first kappa shape index (κ1) is 21.7. The predicted molar refractivity (Wildman–Crippen MR) is 104 cm³/mol. The van der Waals surface area contributed by atoms with Crippen LogP contribution in [-0.4, -0.2) is 25.7 Å². The molecule has 2 aromatic rings. The Morgan fingerprint density at radius 3 is 2.21 bits per heavy atom. The quantitative estimate of drug-likeness (QED) is 0.357. The number of hydrogen-bond acceptors (Lipinski definition) is 8. The number of carbonyl (C=O) groups excluding carboxylic acids is 1. The minimum absolute atomic E-state index is 0.163. The molecule has 10 heteroatoms. The van der Waals surface area contributed by atoms with Crippen LogP contribution in [0.2, 0.25) is 0 Å². The van der Waals surface area contributed by atoms with Gasteiger partial charge >= 0.3 is 13.7 Å². The topological polar surface area (TPSA) is 109 Å². The largest absolute Gasteiger partial charge is 0.733 e. The van der Waals surface area contributed by atoms with Crippen molar-refractivity contribution in [3.05, 3.63) is 59.8 Å². The summed E-state index contributed by atoms with van der Waals surface area (Å²) in [7, 11) is -2.78. The Labute approximate surface area is 163 Å². The minimum atomic E-state index is -4.02. The molecule has 0 heterocycles. The molecule has 0 amide bonds. The second-order valence-electron chi connectivity index (χ2n) is 5.53. The van der Waals surface area contributed by atoms with Crippen LogP contribution in [0.1, 0.15) is 13.8 Å². The fourth-order valence-electron chi connectivity index (χ4n) is 2.12. The monoisotopic (exact) mass is 409 g/mol. The Bertz CT molecular complexity index is 801. The number of para-hydroxylation sites is 1. The number of ether oxygens (including phenoxy) is 1. The zero-order chi connectivity index (χ0) is 20.6. The van der Waals surface area contributed by atoms with Gasteiger partial charge in [0.15, 0.2) is 0 Å². The molecule has 0 saturated heterocycles. The summed E-state index contributed by atoms with van der Waals surface area (Å²) in [6.07, 6.45) is 0. The highest BCUT2D eigenvalue weighted by molar-refractivity contribution is 7.52. The Hall–Kier alpha value is -2.58. The van der Waals surface area contributed by atoms with Crippen LogP contribution in [0, 0.1) is 5.21 Å². The van der Waals surface area contributed by atoms with Crippen molar-refractivity contribution in [1.82, 2.24) is 5.09 Å². The van der Waals surface area contributed by atoms with Gasteiger partial charge in [0.25, 0.3) is 0 Å². The molecule has 0 bridgehead atoms. The number of nitrogens with one attached hydrogen (secondary N) is 1. The lowest BCUT2D eigenvalue weighted by atomic mass is 10.3. The van der Waals surface area contributed by atoms with Crippen molar-refractivity contribution in [2.24, 2.45) is 0 Å². The summed E-state index contributed by atoms with van der Waals surface area (Å²) in [6.45, 7) is 3.34. The lowest BCUT2D eigenvalue weighted by Gasteiger charge is -2.27. The van der Waals surface area contributed by atoms with E-state index in [4.69, 9.17) is 13.8 Å². The number of nitrogens with zero attached hydrogens (tertiary/aromatic N) is 1. The number of rotatable bonds is 10. The molecule has 0 aliphatic heterocycles.